The fourth-order valence-corrected chi connectivity index (χ4v) is 1.73. The summed E-state index contributed by atoms with van der Waals surface area (Å²) in [6.45, 7) is 5.81. The lowest BCUT2D eigenvalue weighted by Gasteiger charge is -2.28. The molecule has 0 amide bonds. The van der Waals surface area contributed by atoms with E-state index in [9.17, 15) is 13.6 Å². The molecule has 0 aromatic heterocycles. The quantitative estimate of drug-likeness (QED) is 0.823. The number of carbonyl (C=O) groups excluding carboxylic acids is 1. The van der Waals surface area contributed by atoms with Crippen molar-refractivity contribution in [3.05, 3.63) is 35.4 Å². The number of rotatable bonds is 5. The van der Waals surface area contributed by atoms with Gasteiger partial charge in [-0.3, -0.25) is 5.32 Å². The van der Waals surface area contributed by atoms with Crippen LogP contribution in [-0.2, 0) is 15.1 Å². The average molecular weight is 257 g/mol. The van der Waals surface area contributed by atoms with E-state index in [0.717, 1.165) is 12.1 Å². The number of ether oxygens (including phenoxy) is 1. The first kappa shape index (κ1) is 14.6. The third-order valence-corrected chi connectivity index (χ3v) is 2.71. The van der Waals surface area contributed by atoms with E-state index in [1.54, 1.807) is 13.8 Å². The van der Waals surface area contributed by atoms with Crippen molar-refractivity contribution >= 4 is 5.97 Å². The van der Waals surface area contributed by atoms with Crippen molar-refractivity contribution in [2.45, 2.75) is 26.3 Å². The van der Waals surface area contributed by atoms with E-state index in [1.807, 2.05) is 6.92 Å². The number of nitrogens with one attached hydrogen (secondary N) is 1. The zero-order valence-corrected chi connectivity index (χ0v) is 10.7. The molecule has 3 nitrogen and oxygen atoms in total. The van der Waals surface area contributed by atoms with Crippen LogP contribution in [0.25, 0.3) is 0 Å². The second-order valence-corrected chi connectivity index (χ2v) is 4.00. The molecule has 0 aliphatic carbocycles. The molecule has 1 N–H and O–H groups in total. The van der Waals surface area contributed by atoms with Gasteiger partial charge < -0.3 is 4.74 Å². The fraction of sp³-hybridized carbons (Fsp3) is 0.462. The van der Waals surface area contributed by atoms with E-state index >= 15 is 0 Å². The zero-order valence-electron chi connectivity index (χ0n) is 10.7. The van der Waals surface area contributed by atoms with Gasteiger partial charge in [0.15, 0.2) is 11.6 Å². The maximum Gasteiger partial charge on any atom is 0.330 e. The number of esters is 1. The summed E-state index contributed by atoms with van der Waals surface area (Å²) in [6.07, 6.45) is 0. The molecule has 1 atom stereocenters. The molecule has 1 aromatic carbocycles. The summed E-state index contributed by atoms with van der Waals surface area (Å²) >= 11 is 0. The lowest BCUT2D eigenvalue weighted by atomic mass is 9.91. The van der Waals surface area contributed by atoms with E-state index < -0.39 is 23.1 Å². The normalized spacial score (nSPS) is 14.1. The smallest absolute Gasteiger partial charge is 0.330 e. The van der Waals surface area contributed by atoms with Crippen molar-refractivity contribution in [2.24, 2.45) is 0 Å². The number of benzene rings is 1. The van der Waals surface area contributed by atoms with Gasteiger partial charge in [0.2, 0.25) is 0 Å². The van der Waals surface area contributed by atoms with Crippen molar-refractivity contribution in [1.82, 2.24) is 5.32 Å². The first-order valence-electron chi connectivity index (χ1n) is 5.83. The van der Waals surface area contributed by atoms with Gasteiger partial charge in [-0.25, -0.2) is 13.6 Å². The Bertz CT molecular complexity index is 437. The Hall–Kier alpha value is -1.49. The molecule has 0 heterocycles. The minimum absolute atomic E-state index is 0.226. The van der Waals surface area contributed by atoms with E-state index in [1.165, 1.54) is 6.07 Å². The van der Waals surface area contributed by atoms with Gasteiger partial charge >= 0.3 is 5.97 Å². The van der Waals surface area contributed by atoms with Gasteiger partial charge in [-0.2, -0.15) is 0 Å². The van der Waals surface area contributed by atoms with Crippen LogP contribution in [0.1, 0.15) is 26.3 Å². The summed E-state index contributed by atoms with van der Waals surface area (Å²) in [5.41, 5.74) is -0.846. The van der Waals surface area contributed by atoms with Crippen LogP contribution in [0.2, 0.25) is 0 Å². The molecule has 0 radical (unpaired) electrons. The lowest BCUT2D eigenvalue weighted by Crippen LogP contribution is -2.47. The van der Waals surface area contributed by atoms with Gasteiger partial charge in [0.05, 0.1) is 6.61 Å². The first-order valence-corrected chi connectivity index (χ1v) is 5.83. The van der Waals surface area contributed by atoms with Gasteiger partial charge in [-0.1, -0.05) is 13.0 Å². The number of hydrogen-bond acceptors (Lipinski definition) is 3. The molecular weight excluding hydrogens is 240 g/mol. The van der Waals surface area contributed by atoms with Crippen LogP contribution in [0.4, 0.5) is 8.78 Å². The third kappa shape index (κ3) is 2.85. The van der Waals surface area contributed by atoms with Crippen LogP contribution >= 0.6 is 0 Å². The Kier molecular flexibility index (Phi) is 4.78. The molecule has 5 heteroatoms. The standard InChI is InChI=1S/C13H17F2NO2/c1-4-16-13(3,12(17)18-5-2)9-6-7-10(14)11(15)8-9/h6-8,16H,4-5H2,1-3H3. The maximum absolute atomic E-state index is 13.2. The second-order valence-electron chi connectivity index (χ2n) is 4.00. The lowest BCUT2D eigenvalue weighted by molar-refractivity contribution is -0.151. The van der Waals surface area contributed by atoms with Crippen molar-refractivity contribution in [3.8, 4) is 0 Å². The fourth-order valence-electron chi connectivity index (χ4n) is 1.73. The Morgan fingerprint density at radius 2 is 2.00 bits per heavy atom. The second kappa shape index (κ2) is 5.91. The maximum atomic E-state index is 13.2. The van der Waals surface area contributed by atoms with Crippen molar-refractivity contribution in [2.75, 3.05) is 13.2 Å². The Labute approximate surface area is 105 Å². The van der Waals surface area contributed by atoms with Crippen LogP contribution in [0.15, 0.2) is 18.2 Å². The number of carbonyl (C=O) groups is 1. The molecule has 0 saturated heterocycles. The Morgan fingerprint density at radius 1 is 1.33 bits per heavy atom. The predicted molar refractivity (Wildman–Crippen MR) is 64.0 cm³/mol. The Morgan fingerprint density at radius 3 is 2.50 bits per heavy atom. The van der Waals surface area contributed by atoms with Crippen molar-refractivity contribution in [3.63, 3.8) is 0 Å². The van der Waals surface area contributed by atoms with E-state index in [2.05, 4.69) is 5.32 Å². The molecule has 18 heavy (non-hydrogen) atoms. The first-order chi connectivity index (χ1) is 8.45. The molecule has 0 aliphatic heterocycles. The molecule has 1 unspecified atom stereocenters. The third-order valence-electron chi connectivity index (χ3n) is 2.71. The molecule has 1 rings (SSSR count). The molecule has 0 aliphatic rings. The molecule has 1 aromatic rings. The van der Waals surface area contributed by atoms with E-state index in [-0.39, 0.29) is 6.61 Å². The zero-order chi connectivity index (χ0) is 13.8. The summed E-state index contributed by atoms with van der Waals surface area (Å²) in [4.78, 5) is 12.0. The predicted octanol–water partition coefficient (Wildman–Crippen LogP) is 2.35. The minimum atomic E-state index is -1.18. The van der Waals surface area contributed by atoms with Gasteiger partial charge in [-0.15, -0.1) is 0 Å². The molecule has 0 saturated carbocycles. The van der Waals surface area contributed by atoms with Crippen LogP contribution in [0.3, 0.4) is 0 Å². The highest BCUT2D eigenvalue weighted by Gasteiger charge is 2.36. The molecular formula is C13H17F2NO2. The summed E-state index contributed by atoms with van der Waals surface area (Å²) in [7, 11) is 0. The summed E-state index contributed by atoms with van der Waals surface area (Å²) in [5.74, 6) is -2.44. The largest absolute Gasteiger partial charge is 0.464 e. The Balaban J connectivity index is 3.17. The van der Waals surface area contributed by atoms with Crippen LogP contribution in [0.5, 0.6) is 0 Å². The number of halogens is 2. The van der Waals surface area contributed by atoms with Gasteiger partial charge in [0.25, 0.3) is 0 Å². The van der Waals surface area contributed by atoms with Crippen LogP contribution < -0.4 is 5.32 Å². The van der Waals surface area contributed by atoms with E-state index in [4.69, 9.17) is 4.74 Å². The molecule has 100 valence electrons. The monoisotopic (exact) mass is 257 g/mol. The van der Waals surface area contributed by atoms with Crippen molar-refractivity contribution < 1.29 is 18.3 Å². The number of likely N-dealkylation sites (N-methyl/N-ethyl adjacent to an activating group) is 1. The average Bonchev–Trinajstić information content (AvgIpc) is 2.33. The van der Waals surface area contributed by atoms with E-state index in [0.29, 0.717) is 12.1 Å². The van der Waals surface area contributed by atoms with Gasteiger partial charge in [0, 0.05) is 0 Å². The van der Waals surface area contributed by atoms with Crippen LogP contribution in [0, 0.1) is 11.6 Å². The van der Waals surface area contributed by atoms with Gasteiger partial charge in [-0.05, 0) is 38.1 Å². The molecule has 0 bridgehead atoms. The minimum Gasteiger partial charge on any atom is -0.464 e. The number of hydrogen-bond donors (Lipinski definition) is 1. The molecule has 0 fully saturated rings. The highest BCUT2D eigenvalue weighted by atomic mass is 19.2. The summed E-state index contributed by atoms with van der Waals surface area (Å²) in [5, 5.41) is 2.94. The highest BCUT2D eigenvalue weighted by molar-refractivity contribution is 5.82. The SMILES string of the molecule is CCNC(C)(C(=O)OCC)c1ccc(F)c(F)c1. The molecule has 0 spiro atoms. The topological polar surface area (TPSA) is 38.3 Å². The summed E-state index contributed by atoms with van der Waals surface area (Å²) in [6, 6.07) is 3.38. The van der Waals surface area contributed by atoms with Crippen molar-refractivity contribution in [1.29, 1.82) is 0 Å². The van der Waals surface area contributed by atoms with Crippen LogP contribution in [-0.4, -0.2) is 19.1 Å². The highest BCUT2D eigenvalue weighted by Crippen LogP contribution is 2.24. The van der Waals surface area contributed by atoms with Gasteiger partial charge in [0.1, 0.15) is 5.54 Å². The summed E-state index contributed by atoms with van der Waals surface area (Å²) < 4.78 is 31.1.